The first-order valence-corrected chi connectivity index (χ1v) is 7.56. The van der Waals surface area contributed by atoms with E-state index in [9.17, 15) is 9.59 Å². The van der Waals surface area contributed by atoms with E-state index >= 15 is 0 Å². The Hall–Kier alpha value is -1.85. The first-order chi connectivity index (χ1) is 9.88. The maximum Gasteiger partial charge on any atom is 0.254 e. The average molecular weight is 294 g/mol. The number of carbonyl (C=O) groups is 2. The van der Waals surface area contributed by atoms with Gasteiger partial charge in [-0.25, -0.2) is 4.68 Å². The highest BCUT2D eigenvalue weighted by atomic mass is 16.2. The van der Waals surface area contributed by atoms with E-state index in [0.29, 0.717) is 5.82 Å². The van der Waals surface area contributed by atoms with Crippen molar-refractivity contribution >= 4 is 17.6 Å². The van der Waals surface area contributed by atoms with Crippen LogP contribution in [0.1, 0.15) is 69.8 Å². The molecule has 1 rings (SSSR count). The van der Waals surface area contributed by atoms with E-state index in [-0.39, 0.29) is 23.4 Å². The minimum atomic E-state index is -0.587. The predicted molar refractivity (Wildman–Crippen MR) is 83.1 cm³/mol. The molecule has 1 aromatic heterocycles. The lowest BCUT2D eigenvalue weighted by atomic mass is 10.0. The molecule has 0 aliphatic rings. The van der Waals surface area contributed by atoms with Gasteiger partial charge in [0.05, 0.1) is 6.20 Å². The van der Waals surface area contributed by atoms with Crippen LogP contribution in [-0.2, 0) is 4.79 Å². The molecule has 118 valence electrons. The molecule has 2 amide bonds. The number of hydrogen-bond acceptors (Lipinski definition) is 3. The number of unbranched alkanes of at least 4 members (excludes halogenated alkanes) is 2. The number of anilines is 1. The summed E-state index contributed by atoms with van der Waals surface area (Å²) in [6, 6.07) is 0.0313. The zero-order chi connectivity index (χ0) is 16.0. The number of carbonyl (C=O) groups excluding carboxylic acids is 2. The third kappa shape index (κ3) is 4.58. The molecule has 0 aliphatic heterocycles. The Morgan fingerprint density at radius 2 is 2.00 bits per heavy atom. The summed E-state index contributed by atoms with van der Waals surface area (Å²) < 4.78 is 1.61. The Bertz CT molecular complexity index is 494. The zero-order valence-corrected chi connectivity index (χ0v) is 13.3. The monoisotopic (exact) mass is 294 g/mol. The Morgan fingerprint density at radius 3 is 2.52 bits per heavy atom. The summed E-state index contributed by atoms with van der Waals surface area (Å²) in [5, 5.41) is 6.94. The summed E-state index contributed by atoms with van der Waals surface area (Å²) in [4.78, 5) is 23.7. The molecule has 0 bridgehead atoms. The Balaban J connectivity index is 2.83. The van der Waals surface area contributed by atoms with E-state index in [1.54, 1.807) is 4.68 Å². The van der Waals surface area contributed by atoms with Gasteiger partial charge in [-0.15, -0.1) is 0 Å². The van der Waals surface area contributed by atoms with Gasteiger partial charge in [0.1, 0.15) is 11.4 Å². The maximum absolute atomic E-state index is 12.2. The fourth-order valence-electron chi connectivity index (χ4n) is 2.13. The van der Waals surface area contributed by atoms with Gasteiger partial charge in [0.15, 0.2) is 0 Å². The van der Waals surface area contributed by atoms with E-state index in [0.717, 1.165) is 25.7 Å². The smallest absolute Gasteiger partial charge is 0.254 e. The molecule has 0 saturated heterocycles. The SMILES string of the molecule is CCCCCC(C)C(=O)Nc1c(C(N)=O)cnn1C(C)C. The lowest BCUT2D eigenvalue weighted by Gasteiger charge is -2.16. The number of aromatic nitrogens is 2. The van der Waals surface area contributed by atoms with Crippen LogP contribution in [0.5, 0.6) is 0 Å². The minimum Gasteiger partial charge on any atom is -0.365 e. The molecule has 0 radical (unpaired) electrons. The molecule has 0 saturated carbocycles. The second-order valence-corrected chi connectivity index (χ2v) is 5.70. The quantitative estimate of drug-likeness (QED) is 0.722. The van der Waals surface area contributed by atoms with E-state index in [4.69, 9.17) is 5.73 Å². The Labute approximate surface area is 126 Å². The molecule has 1 heterocycles. The molecule has 0 aliphatic carbocycles. The molecular weight excluding hydrogens is 268 g/mol. The fraction of sp³-hybridized carbons (Fsp3) is 0.667. The third-order valence-electron chi connectivity index (χ3n) is 3.48. The number of rotatable bonds is 8. The molecule has 6 heteroatoms. The molecule has 1 aromatic rings. The van der Waals surface area contributed by atoms with Gasteiger partial charge in [-0.3, -0.25) is 9.59 Å². The van der Waals surface area contributed by atoms with Crippen molar-refractivity contribution in [1.82, 2.24) is 9.78 Å². The van der Waals surface area contributed by atoms with Gasteiger partial charge in [0.2, 0.25) is 5.91 Å². The van der Waals surface area contributed by atoms with Crippen LogP contribution >= 0.6 is 0 Å². The highest BCUT2D eigenvalue weighted by molar-refractivity contribution is 6.02. The van der Waals surface area contributed by atoms with Gasteiger partial charge in [-0.05, 0) is 20.3 Å². The predicted octanol–water partition coefficient (Wildman–Crippen LogP) is 2.72. The number of hydrogen-bond donors (Lipinski definition) is 2. The van der Waals surface area contributed by atoms with Crippen molar-refractivity contribution in [2.75, 3.05) is 5.32 Å². The Morgan fingerprint density at radius 1 is 1.33 bits per heavy atom. The maximum atomic E-state index is 12.2. The molecule has 0 fully saturated rings. The van der Waals surface area contributed by atoms with Gasteiger partial charge in [0, 0.05) is 12.0 Å². The van der Waals surface area contributed by atoms with E-state index in [2.05, 4.69) is 17.3 Å². The third-order valence-corrected chi connectivity index (χ3v) is 3.48. The highest BCUT2D eigenvalue weighted by Gasteiger charge is 2.21. The van der Waals surface area contributed by atoms with E-state index < -0.39 is 5.91 Å². The minimum absolute atomic E-state index is 0.0313. The first kappa shape index (κ1) is 17.2. The fourth-order valence-corrected chi connectivity index (χ4v) is 2.13. The lowest BCUT2D eigenvalue weighted by Crippen LogP contribution is -2.25. The topological polar surface area (TPSA) is 90.0 Å². The molecule has 0 aromatic carbocycles. The van der Waals surface area contributed by atoms with Crippen LogP contribution in [0.25, 0.3) is 0 Å². The number of nitrogens with two attached hydrogens (primary N) is 1. The summed E-state index contributed by atoms with van der Waals surface area (Å²) >= 11 is 0. The van der Waals surface area contributed by atoms with Crippen LogP contribution in [0, 0.1) is 5.92 Å². The van der Waals surface area contributed by atoms with Gasteiger partial charge in [0.25, 0.3) is 5.91 Å². The summed E-state index contributed by atoms with van der Waals surface area (Å²) in [5.74, 6) is -0.399. The van der Waals surface area contributed by atoms with Crippen LogP contribution in [-0.4, -0.2) is 21.6 Å². The number of amides is 2. The molecule has 21 heavy (non-hydrogen) atoms. The highest BCUT2D eigenvalue weighted by Crippen LogP contribution is 2.21. The molecule has 1 atom stereocenters. The van der Waals surface area contributed by atoms with Crippen molar-refractivity contribution < 1.29 is 9.59 Å². The number of nitrogens with zero attached hydrogens (tertiary/aromatic N) is 2. The van der Waals surface area contributed by atoms with Crippen molar-refractivity contribution in [3.8, 4) is 0 Å². The van der Waals surface area contributed by atoms with Crippen LogP contribution in [0.2, 0.25) is 0 Å². The summed E-state index contributed by atoms with van der Waals surface area (Å²) in [7, 11) is 0. The van der Waals surface area contributed by atoms with Gasteiger partial charge < -0.3 is 11.1 Å². The molecule has 3 N–H and O–H groups in total. The first-order valence-electron chi connectivity index (χ1n) is 7.56. The second kappa shape index (κ2) is 7.81. The lowest BCUT2D eigenvalue weighted by molar-refractivity contribution is -0.119. The molecule has 6 nitrogen and oxygen atoms in total. The number of nitrogens with one attached hydrogen (secondary N) is 1. The summed E-state index contributed by atoms with van der Waals surface area (Å²) in [6.07, 6.45) is 5.51. The normalized spacial score (nSPS) is 12.4. The molecular formula is C15H26N4O2. The zero-order valence-electron chi connectivity index (χ0n) is 13.3. The number of primary amides is 1. The van der Waals surface area contributed by atoms with Crippen LogP contribution in [0.4, 0.5) is 5.82 Å². The van der Waals surface area contributed by atoms with Crippen molar-refractivity contribution in [3.63, 3.8) is 0 Å². The molecule has 1 unspecified atom stereocenters. The van der Waals surface area contributed by atoms with Crippen molar-refractivity contribution in [2.45, 2.75) is 59.4 Å². The largest absolute Gasteiger partial charge is 0.365 e. The summed E-state index contributed by atoms with van der Waals surface area (Å²) in [5.41, 5.74) is 5.58. The average Bonchev–Trinajstić information content (AvgIpc) is 2.82. The standard InChI is InChI=1S/C15H26N4O2/c1-5-6-7-8-11(4)15(21)18-14-12(13(16)20)9-17-19(14)10(2)3/h9-11H,5-8H2,1-4H3,(H2,16,20)(H,18,21). The van der Waals surface area contributed by atoms with E-state index in [1.807, 2.05) is 20.8 Å². The van der Waals surface area contributed by atoms with Gasteiger partial charge >= 0.3 is 0 Å². The van der Waals surface area contributed by atoms with Gasteiger partial charge in [-0.1, -0.05) is 33.1 Å². The van der Waals surface area contributed by atoms with Crippen molar-refractivity contribution in [2.24, 2.45) is 11.7 Å². The second-order valence-electron chi connectivity index (χ2n) is 5.70. The van der Waals surface area contributed by atoms with Crippen LogP contribution < -0.4 is 11.1 Å². The van der Waals surface area contributed by atoms with Crippen molar-refractivity contribution in [3.05, 3.63) is 11.8 Å². The molecule has 0 spiro atoms. The van der Waals surface area contributed by atoms with Crippen LogP contribution in [0.15, 0.2) is 6.20 Å². The van der Waals surface area contributed by atoms with E-state index in [1.165, 1.54) is 6.20 Å². The van der Waals surface area contributed by atoms with Crippen LogP contribution in [0.3, 0.4) is 0 Å². The van der Waals surface area contributed by atoms with Crippen molar-refractivity contribution in [1.29, 1.82) is 0 Å². The summed E-state index contributed by atoms with van der Waals surface area (Å²) in [6.45, 7) is 7.88. The Kier molecular flexibility index (Phi) is 6.39. The van der Waals surface area contributed by atoms with Gasteiger partial charge in [-0.2, -0.15) is 5.10 Å².